The smallest absolute Gasteiger partial charge is 0.207 e. The van der Waals surface area contributed by atoms with Gasteiger partial charge in [-0.05, 0) is 30.9 Å². The Morgan fingerprint density at radius 1 is 1.26 bits per heavy atom. The van der Waals surface area contributed by atoms with E-state index in [-0.39, 0.29) is 0 Å². The van der Waals surface area contributed by atoms with Crippen LogP contribution in [0, 0.1) is 12.8 Å². The molecule has 3 nitrogen and oxygen atoms in total. The molecule has 2 aromatic rings. The van der Waals surface area contributed by atoms with E-state index in [9.17, 15) is 0 Å². The maximum Gasteiger partial charge on any atom is 0.207 e. The second-order valence-corrected chi connectivity index (χ2v) is 5.33. The first-order valence-corrected chi connectivity index (χ1v) is 7.00. The highest BCUT2D eigenvalue weighted by Crippen LogP contribution is 2.21. The van der Waals surface area contributed by atoms with E-state index in [4.69, 9.17) is 0 Å². The second-order valence-electron chi connectivity index (χ2n) is 5.33. The van der Waals surface area contributed by atoms with Gasteiger partial charge in [0.15, 0.2) is 0 Å². The van der Waals surface area contributed by atoms with Crippen LogP contribution in [0.5, 0.6) is 0 Å². The summed E-state index contributed by atoms with van der Waals surface area (Å²) in [6.07, 6.45) is 3.12. The predicted octanol–water partition coefficient (Wildman–Crippen LogP) is 3.81. The van der Waals surface area contributed by atoms with Gasteiger partial charge in [-0.25, -0.2) is 4.98 Å². The molecule has 0 amide bonds. The molecule has 0 radical (unpaired) electrons. The number of nitrogens with zero attached hydrogens (tertiary/aromatic N) is 2. The van der Waals surface area contributed by atoms with E-state index < -0.39 is 0 Å². The Morgan fingerprint density at radius 2 is 2.00 bits per heavy atom. The van der Waals surface area contributed by atoms with E-state index in [0.29, 0.717) is 5.92 Å². The van der Waals surface area contributed by atoms with Gasteiger partial charge in [0.25, 0.3) is 0 Å². The number of aryl methyl sites for hydroxylation is 2. The topological polar surface area (TPSA) is 29.9 Å². The monoisotopic (exact) mass is 257 g/mol. The third-order valence-electron chi connectivity index (χ3n) is 3.13. The minimum atomic E-state index is 0.604. The van der Waals surface area contributed by atoms with Gasteiger partial charge in [0.1, 0.15) is 0 Å². The summed E-state index contributed by atoms with van der Waals surface area (Å²) in [6.45, 7) is 9.56. The molecule has 3 heteroatoms. The molecule has 0 aliphatic carbocycles. The van der Waals surface area contributed by atoms with Crippen molar-refractivity contribution in [3.63, 3.8) is 0 Å². The number of hydrogen-bond donors (Lipinski definition) is 1. The summed E-state index contributed by atoms with van der Waals surface area (Å²) in [6, 6.07) is 8.50. The molecular weight excluding hydrogens is 234 g/mol. The highest BCUT2D eigenvalue weighted by molar-refractivity contribution is 5.48. The van der Waals surface area contributed by atoms with Gasteiger partial charge in [0.05, 0.1) is 11.4 Å². The van der Waals surface area contributed by atoms with Gasteiger partial charge in [0.2, 0.25) is 5.95 Å². The second kappa shape index (κ2) is 5.91. The lowest BCUT2D eigenvalue weighted by Gasteiger charge is -2.14. The number of para-hydroxylation sites is 1. The fourth-order valence-electron chi connectivity index (χ4n) is 2.15. The molecule has 0 atom stereocenters. The molecule has 2 rings (SSSR count). The van der Waals surface area contributed by atoms with Crippen LogP contribution in [0.1, 0.15) is 32.0 Å². The standard InChI is InChI=1S/C16H23N3/c1-5-14-8-6-7-9-15(14)19-11-13(4)18-16(19)17-10-12(2)3/h6-9,11-12H,5,10H2,1-4H3,(H,17,18). The predicted molar refractivity (Wildman–Crippen MR) is 81.0 cm³/mol. The molecule has 102 valence electrons. The van der Waals surface area contributed by atoms with Crippen molar-refractivity contribution in [1.29, 1.82) is 0 Å². The largest absolute Gasteiger partial charge is 0.355 e. The van der Waals surface area contributed by atoms with Crippen LogP contribution in [0.3, 0.4) is 0 Å². The first kappa shape index (κ1) is 13.7. The average molecular weight is 257 g/mol. The van der Waals surface area contributed by atoms with Gasteiger partial charge in [0, 0.05) is 12.7 Å². The summed E-state index contributed by atoms with van der Waals surface area (Å²) in [5.41, 5.74) is 3.60. The van der Waals surface area contributed by atoms with E-state index in [2.05, 4.69) is 66.1 Å². The van der Waals surface area contributed by atoms with Crippen molar-refractivity contribution < 1.29 is 0 Å². The van der Waals surface area contributed by atoms with Crippen molar-refractivity contribution in [2.45, 2.75) is 34.1 Å². The molecular formula is C16H23N3. The maximum atomic E-state index is 4.59. The fraction of sp³-hybridized carbons (Fsp3) is 0.438. The molecule has 0 saturated heterocycles. The molecule has 0 bridgehead atoms. The van der Waals surface area contributed by atoms with E-state index in [1.807, 2.05) is 6.92 Å². The lowest BCUT2D eigenvalue weighted by atomic mass is 10.1. The summed E-state index contributed by atoms with van der Waals surface area (Å²) >= 11 is 0. The van der Waals surface area contributed by atoms with Crippen LogP contribution in [0.2, 0.25) is 0 Å². The van der Waals surface area contributed by atoms with Gasteiger partial charge in [-0.1, -0.05) is 39.0 Å². The Morgan fingerprint density at radius 3 is 2.68 bits per heavy atom. The van der Waals surface area contributed by atoms with Crippen LogP contribution < -0.4 is 5.32 Å². The van der Waals surface area contributed by atoms with Crippen LogP contribution in [0.15, 0.2) is 30.5 Å². The van der Waals surface area contributed by atoms with E-state index in [1.165, 1.54) is 11.3 Å². The highest BCUT2D eigenvalue weighted by atomic mass is 15.2. The molecule has 0 saturated carbocycles. The summed E-state index contributed by atoms with van der Waals surface area (Å²) < 4.78 is 2.16. The van der Waals surface area contributed by atoms with E-state index in [0.717, 1.165) is 24.6 Å². The lowest BCUT2D eigenvalue weighted by Crippen LogP contribution is -2.12. The average Bonchev–Trinajstić information content (AvgIpc) is 2.77. The summed E-state index contributed by atoms with van der Waals surface area (Å²) in [5, 5.41) is 3.44. The Bertz CT molecular complexity index is 541. The third-order valence-corrected chi connectivity index (χ3v) is 3.13. The highest BCUT2D eigenvalue weighted by Gasteiger charge is 2.10. The first-order chi connectivity index (χ1) is 9.11. The van der Waals surface area contributed by atoms with Crippen molar-refractivity contribution in [3.05, 3.63) is 41.7 Å². The Balaban J connectivity index is 2.38. The van der Waals surface area contributed by atoms with Gasteiger partial charge in [-0.3, -0.25) is 4.57 Å². The van der Waals surface area contributed by atoms with E-state index in [1.54, 1.807) is 0 Å². The number of hydrogen-bond acceptors (Lipinski definition) is 2. The quantitative estimate of drug-likeness (QED) is 0.882. The van der Waals surface area contributed by atoms with Gasteiger partial charge >= 0.3 is 0 Å². The normalized spacial score (nSPS) is 11.0. The Kier molecular flexibility index (Phi) is 4.25. The van der Waals surface area contributed by atoms with Crippen molar-refractivity contribution in [2.24, 2.45) is 5.92 Å². The van der Waals surface area contributed by atoms with Gasteiger partial charge in [-0.2, -0.15) is 0 Å². The number of rotatable bonds is 5. The number of benzene rings is 1. The fourth-order valence-corrected chi connectivity index (χ4v) is 2.15. The zero-order valence-corrected chi connectivity index (χ0v) is 12.3. The molecule has 0 fully saturated rings. The van der Waals surface area contributed by atoms with Crippen molar-refractivity contribution in [3.8, 4) is 5.69 Å². The zero-order chi connectivity index (χ0) is 13.8. The lowest BCUT2D eigenvalue weighted by molar-refractivity contribution is 0.683. The van der Waals surface area contributed by atoms with Gasteiger partial charge in [-0.15, -0.1) is 0 Å². The van der Waals surface area contributed by atoms with Crippen molar-refractivity contribution in [2.75, 3.05) is 11.9 Å². The van der Waals surface area contributed by atoms with Crippen molar-refractivity contribution >= 4 is 5.95 Å². The molecule has 0 aliphatic rings. The Labute approximate surface area is 115 Å². The molecule has 0 unspecified atom stereocenters. The third kappa shape index (κ3) is 3.16. The SMILES string of the molecule is CCc1ccccc1-n1cc(C)nc1NCC(C)C. The molecule has 1 heterocycles. The van der Waals surface area contributed by atoms with Crippen LogP contribution in [-0.2, 0) is 6.42 Å². The minimum Gasteiger partial charge on any atom is -0.355 e. The zero-order valence-electron chi connectivity index (χ0n) is 12.3. The van der Waals surface area contributed by atoms with Crippen LogP contribution in [0.25, 0.3) is 5.69 Å². The maximum absolute atomic E-state index is 4.59. The molecule has 0 spiro atoms. The van der Waals surface area contributed by atoms with Gasteiger partial charge < -0.3 is 5.32 Å². The molecule has 1 aromatic carbocycles. The van der Waals surface area contributed by atoms with Crippen LogP contribution in [0.4, 0.5) is 5.95 Å². The molecule has 0 aliphatic heterocycles. The van der Waals surface area contributed by atoms with Crippen LogP contribution in [-0.4, -0.2) is 16.1 Å². The van der Waals surface area contributed by atoms with E-state index >= 15 is 0 Å². The molecule has 19 heavy (non-hydrogen) atoms. The number of anilines is 1. The summed E-state index contributed by atoms with van der Waals surface area (Å²) in [5.74, 6) is 1.54. The summed E-state index contributed by atoms with van der Waals surface area (Å²) in [4.78, 5) is 4.59. The number of imidazole rings is 1. The molecule has 1 aromatic heterocycles. The number of nitrogens with one attached hydrogen (secondary N) is 1. The molecule has 1 N–H and O–H groups in total. The van der Waals surface area contributed by atoms with Crippen LogP contribution >= 0.6 is 0 Å². The summed E-state index contributed by atoms with van der Waals surface area (Å²) in [7, 11) is 0. The number of aromatic nitrogens is 2. The Hall–Kier alpha value is -1.77. The minimum absolute atomic E-state index is 0.604. The first-order valence-electron chi connectivity index (χ1n) is 7.00. The van der Waals surface area contributed by atoms with Crippen molar-refractivity contribution in [1.82, 2.24) is 9.55 Å².